The molecular weight excluding hydrogens is 250 g/mol. The predicted octanol–water partition coefficient (Wildman–Crippen LogP) is 3.56. The topological polar surface area (TPSA) is 29.3 Å². The molecule has 0 N–H and O–H groups in total. The molecule has 110 valence electrons. The average molecular weight is 275 g/mol. The molecule has 20 heavy (non-hydrogen) atoms. The summed E-state index contributed by atoms with van der Waals surface area (Å²) >= 11 is 0. The van der Waals surface area contributed by atoms with Gasteiger partial charge in [0, 0.05) is 0 Å². The fourth-order valence-electron chi connectivity index (χ4n) is 2.79. The van der Waals surface area contributed by atoms with Crippen molar-refractivity contribution in [2.75, 3.05) is 13.2 Å². The highest BCUT2D eigenvalue weighted by Crippen LogP contribution is 2.43. The number of unbranched alkanes of at least 4 members (excludes halogenated alkanes) is 3. The number of rotatable bonds is 8. The molecule has 3 atom stereocenters. The number of hydrogen-bond donors (Lipinski definition) is 0. The molecule has 3 heteroatoms. The zero-order valence-electron chi connectivity index (χ0n) is 12.5. The van der Waals surface area contributed by atoms with Crippen LogP contribution in [-0.4, -0.2) is 30.1 Å². The Balaban J connectivity index is 1.95. The molecule has 1 aliphatic heterocycles. The minimum Gasteiger partial charge on any atom is -0.465 e. The standard InChI is InChI=1S/C17H25NO2/c1-3-5-6-10-13-18-15(14-11-8-7-9-12-14)16(18)17(19)20-4-2/h7-9,11-12,15-16H,3-6,10,13H2,1-2H3. The summed E-state index contributed by atoms with van der Waals surface area (Å²) in [4.78, 5) is 14.3. The molecule has 1 aromatic rings. The Hall–Kier alpha value is -1.35. The van der Waals surface area contributed by atoms with Gasteiger partial charge in [0.15, 0.2) is 0 Å². The molecule has 1 heterocycles. The molecule has 2 rings (SSSR count). The van der Waals surface area contributed by atoms with E-state index in [0.717, 1.165) is 13.0 Å². The first-order valence-corrected chi connectivity index (χ1v) is 7.77. The van der Waals surface area contributed by atoms with Gasteiger partial charge in [-0.1, -0.05) is 56.5 Å². The molecule has 1 fully saturated rings. The minimum absolute atomic E-state index is 0.0704. The van der Waals surface area contributed by atoms with E-state index in [2.05, 4.69) is 24.0 Å². The van der Waals surface area contributed by atoms with E-state index in [-0.39, 0.29) is 18.1 Å². The van der Waals surface area contributed by atoms with Gasteiger partial charge in [-0.05, 0) is 25.5 Å². The quantitative estimate of drug-likeness (QED) is 0.413. The van der Waals surface area contributed by atoms with E-state index in [0.29, 0.717) is 6.61 Å². The van der Waals surface area contributed by atoms with Crippen LogP contribution in [0.2, 0.25) is 0 Å². The average Bonchev–Trinajstić information content (AvgIpc) is 3.19. The van der Waals surface area contributed by atoms with E-state index >= 15 is 0 Å². The number of esters is 1. The van der Waals surface area contributed by atoms with Crippen LogP contribution in [0.3, 0.4) is 0 Å². The zero-order valence-corrected chi connectivity index (χ0v) is 12.5. The Labute approximate surface area is 121 Å². The molecule has 1 aliphatic rings. The van der Waals surface area contributed by atoms with Gasteiger partial charge in [-0.2, -0.15) is 0 Å². The summed E-state index contributed by atoms with van der Waals surface area (Å²) in [5, 5.41) is 0. The first-order valence-electron chi connectivity index (χ1n) is 7.77. The molecule has 3 unspecified atom stereocenters. The zero-order chi connectivity index (χ0) is 14.4. The predicted molar refractivity (Wildman–Crippen MR) is 80.5 cm³/mol. The van der Waals surface area contributed by atoms with E-state index in [1.165, 1.54) is 24.8 Å². The number of nitrogens with zero attached hydrogens (tertiary/aromatic N) is 1. The third-order valence-electron chi connectivity index (χ3n) is 3.86. The van der Waals surface area contributed by atoms with Gasteiger partial charge < -0.3 is 4.74 Å². The van der Waals surface area contributed by atoms with Crippen LogP contribution < -0.4 is 0 Å². The maximum absolute atomic E-state index is 12.0. The van der Waals surface area contributed by atoms with Crippen LogP contribution in [0.25, 0.3) is 0 Å². The number of benzene rings is 1. The first kappa shape index (κ1) is 15.0. The smallest absolute Gasteiger partial charge is 0.325 e. The van der Waals surface area contributed by atoms with Crippen molar-refractivity contribution in [3.63, 3.8) is 0 Å². The molecular formula is C17H25NO2. The van der Waals surface area contributed by atoms with Crippen molar-refractivity contribution >= 4 is 5.97 Å². The van der Waals surface area contributed by atoms with Gasteiger partial charge in [0.2, 0.25) is 0 Å². The van der Waals surface area contributed by atoms with Gasteiger partial charge in [0.25, 0.3) is 0 Å². The lowest BCUT2D eigenvalue weighted by atomic mass is 10.1. The Bertz CT molecular complexity index is 418. The number of ether oxygens (including phenoxy) is 1. The van der Waals surface area contributed by atoms with Crippen molar-refractivity contribution in [2.45, 2.75) is 51.6 Å². The fourth-order valence-corrected chi connectivity index (χ4v) is 2.79. The summed E-state index contributed by atoms with van der Waals surface area (Å²) in [5.74, 6) is -0.0724. The molecule has 0 amide bonds. The Kier molecular flexibility index (Phi) is 5.60. The summed E-state index contributed by atoms with van der Waals surface area (Å²) < 4.78 is 5.19. The molecule has 0 saturated carbocycles. The molecule has 0 spiro atoms. The van der Waals surface area contributed by atoms with Crippen molar-refractivity contribution < 1.29 is 9.53 Å². The lowest BCUT2D eigenvalue weighted by Gasteiger charge is -2.04. The van der Waals surface area contributed by atoms with Gasteiger partial charge >= 0.3 is 5.97 Å². The number of carbonyl (C=O) groups excluding carboxylic acids is 1. The molecule has 1 saturated heterocycles. The van der Waals surface area contributed by atoms with Crippen molar-refractivity contribution in [1.82, 2.24) is 4.90 Å². The first-order chi connectivity index (χ1) is 9.79. The SMILES string of the molecule is CCCCCCN1C(C(=O)OCC)C1c1ccccc1. The van der Waals surface area contributed by atoms with E-state index in [1.807, 2.05) is 25.1 Å². The largest absolute Gasteiger partial charge is 0.465 e. The van der Waals surface area contributed by atoms with Crippen LogP contribution in [0.1, 0.15) is 51.1 Å². The van der Waals surface area contributed by atoms with Crippen LogP contribution in [0.15, 0.2) is 30.3 Å². The molecule has 3 nitrogen and oxygen atoms in total. The van der Waals surface area contributed by atoms with Gasteiger partial charge in [-0.25, -0.2) is 0 Å². The molecule has 0 bridgehead atoms. The van der Waals surface area contributed by atoms with Crippen LogP contribution in [0.4, 0.5) is 0 Å². The highest BCUT2D eigenvalue weighted by molar-refractivity contribution is 5.80. The number of carbonyl (C=O) groups is 1. The molecule has 0 aromatic heterocycles. The highest BCUT2D eigenvalue weighted by Gasteiger charge is 2.53. The summed E-state index contributed by atoms with van der Waals surface area (Å²) in [6.07, 6.45) is 4.91. The monoisotopic (exact) mass is 275 g/mol. The number of hydrogen-bond acceptors (Lipinski definition) is 3. The van der Waals surface area contributed by atoms with Gasteiger partial charge in [-0.15, -0.1) is 0 Å². The van der Waals surface area contributed by atoms with Crippen LogP contribution in [0, 0.1) is 0 Å². The van der Waals surface area contributed by atoms with Crippen molar-refractivity contribution in [1.29, 1.82) is 0 Å². The second-order valence-corrected chi connectivity index (χ2v) is 5.35. The second kappa shape index (κ2) is 7.44. The van der Waals surface area contributed by atoms with Crippen molar-refractivity contribution in [3.05, 3.63) is 35.9 Å². The fraction of sp³-hybridized carbons (Fsp3) is 0.588. The molecule has 0 radical (unpaired) electrons. The van der Waals surface area contributed by atoms with Gasteiger partial charge in [0.05, 0.1) is 12.6 Å². The summed E-state index contributed by atoms with van der Waals surface area (Å²) in [6, 6.07) is 10.4. The minimum atomic E-state index is -0.0724. The molecule has 0 aliphatic carbocycles. The van der Waals surface area contributed by atoms with Crippen LogP contribution >= 0.6 is 0 Å². The Morgan fingerprint density at radius 2 is 1.90 bits per heavy atom. The highest BCUT2D eigenvalue weighted by atomic mass is 16.5. The lowest BCUT2D eigenvalue weighted by Crippen LogP contribution is -2.16. The van der Waals surface area contributed by atoms with E-state index in [4.69, 9.17) is 4.74 Å². The van der Waals surface area contributed by atoms with Gasteiger partial charge in [-0.3, -0.25) is 9.69 Å². The Morgan fingerprint density at radius 3 is 2.55 bits per heavy atom. The summed E-state index contributed by atoms with van der Waals surface area (Å²) in [5.41, 5.74) is 1.22. The van der Waals surface area contributed by atoms with Crippen molar-refractivity contribution in [2.24, 2.45) is 0 Å². The Morgan fingerprint density at radius 1 is 1.15 bits per heavy atom. The maximum atomic E-state index is 12.0. The third-order valence-corrected chi connectivity index (χ3v) is 3.86. The maximum Gasteiger partial charge on any atom is 0.325 e. The van der Waals surface area contributed by atoms with E-state index < -0.39 is 0 Å². The van der Waals surface area contributed by atoms with E-state index in [1.54, 1.807) is 0 Å². The lowest BCUT2D eigenvalue weighted by molar-refractivity contribution is -0.143. The third kappa shape index (κ3) is 3.60. The molecule has 1 aromatic carbocycles. The van der Waals surface area contributed by atoms with Gasteiger partial charge in [0.1, 0.15) is 6.04 Å². The normalized spacial score (nSPS) is 24.4. The summed E-state index contributed by atoms with van der Waals surface area (Å²) in [7, 11) is 0. The second-order valence-electron chi connectivity index (χ2n) is 5.35. The van der Waals surface area contributed by atoms with Crippen LogP contribution in [0.5, 0.6) is 0 Å². The summed E-state index contributed by atoms with van der Waals surface area (Å²) in [6.45, 7) is 5.53. The van der Waals surface area contributed by atoms with E-state index in [9.17, 15) is 4.79 Å². The van der Waals surface area contributed by atoms with Crippen LogP contribution in [-0.2, 0) is 9.53 Å². The van der Waals surface area contributed by atoms with Crippen molar-refractivity contribution in [3.8, 4) is 0 Å².